The quantitative estimate of drug-likeness (QED) is 0.132. The minimum atomic E-state index is -7.80. The molecule has 0 saturated carbocycles. The van der Waals surface area contributed by atoms with Crippen molar-refractivity contribution >= 4 is 0 Å². The largest absolute Gasteiger partial charge is 2.00 e. The van der Waals surface area contributed by atoms with Gasteiger partial charge < -0.3 is 17.6 Å². The van der Waals surface area contributed by atoms with Gasteiger partial charge in [0.25, 0.3) is 11.8 Å². The molecular weight excluding hydrogens is 750 g/mol. The normalized spacial score (nSPS) is 15.7. The zero-order valence-corrected chi connectivity index (χ0v) is 20.6. The van der Waals surface area contributed by atoms with Gasteiger partial charge in [0.1, 0.15) is 0 Å². The molecule has 0 aliphatic rings. The molecule has 39 heavy (non-hydrogen) atoms. The Morgan fingerprint density at radius 1 is 0.256 bits per heavy atom. The fourth-order valence-electron chi connectivity index (χ4n) is 1.38. The summed E-state index contributed by atoms with van der Waals surface area (Å²) in [5, 5.41) is 0. The number of rotatable bonds is 8. The third-order valence-corrected chi connectivity index (χ3v) is 3.55. The molecule has 0 aliphatic carbocycles. The van der Waals surface area contributed by atoms with Crippen LogP contribution in [0.3, 0.4) is 0 Å². The van der Waals surface area contributed by atoms with Gasteiger partial charge in [-0.05, 0) is 0 Å². The molecule has 0 N–H and O–H groups in total. The molecule has 0 atom stereocenters. The first-order chi connectivity index (χ1) is 15.9. The van der Waals surface area contributed by atoms with E-state index >= 15 is 0 Å². The second-order valence-electron chi connectivity index (χ2n) is 6.11. The molecule has 0 radical (unpaired) electrons. The standard InChI is InChI=1S/2C6F13.Cd/c2*7-1(8)2(9,10)3(11,12)4(13,14)5(15,16)6(17,18)19;/q2*-1;+2. The van der Waals surface area contributed by atoms with E-state index in [-0.39, 0.29) is 27.3 Å². The fraction of sp³-hybridized carbons (Fsp3) is 0.833. The molecular formula is C12CdF26. The van der Waals surface area contributed by atoms with E-state index in [0.717, 1.165) is 0 Å². The predicted molar refractivity (Wildman–Crippen MR) is 62.6 cm³/mol. The van der Waals surface area contributed by atoms with Crippen molar-refractivity contribution in [2.45, 2.75) is 59.7 Å². The van der Waals surface area contributed by atoms with E-state index in [2.05, 4.69) is 0 Å². The molecule has 0 aromatic rings. The summed E-state index contributed by atoms with van der Waals surface area (Å²) in [4.78, 5) is 0. The molecule has 0 aliphatic heterocycles. The van der Waals surface area contributed by atoms with Crippen molar-refractivity contribution < 1.29 is 141 Å². The van der Waals surface area contributed by atoms with Crippen molar-refractivity contribution in [3.63, 3.8) is 0 Å². The molecule has 0 heterocycles. The van der Waals surface area contributed by atoms with Gasteiger partial charge in [-0.2, -0.15) is 79.0 Å². The van der Waals surface area contributed by atoms with Crippen LogP contribution in [0.1, 0.15) is 0 Å². The molecule has 0 nitrogen and oxygen atoms in total. The molecule has 0 aromatic carbocycles. The Kier molecular flexibility index (Phi) is 12.5. The Balaban J connectivity index is -0.000000648. The molecule has 0 aromatic heterocycles. The molecule has 27 heteroatoms. The number of hydrogen-bond donors (Lipinski definition) is 0. The number of hydrogen-bond acceptors (Lipinski definition) is 0. The van der Waals surface area contributed by atoms with E-state index in [9.17, 15) is 114 Å². The molecule has 0 amide bonds. The number of alkyl halides is 22. The topological polar surface area (TPSA) is 0 Å². The van der Waals surface area contributed by atoms with Crippen molar-refractivity contribution in [2.24, 2.45) is 0 Å². The van der Waals surface area contributed by atoms with Crippen LogP contribution >= 0.6 is 0 Å². The maximum atomic E-state index is 12.3. The van der Waals surface area contributed by atoms with E-state index in [1.807, 2.05) is 0 Å². The van der Waals surface area contributed by atoms with Gasteiger partial charge in [0.05, 0.1) is 12.9 Å². The maximum Gasteiger partial charge on any atom is 2.00 e. The van der Waals surface area contributed by atoms with Gasteiger partial charge in [-0.25, -0.2) is 17.6 Å². The first kappa shape index (κ1) is 42.6. The molecule has 0 unspecified atom stereocenters. The number of halogens is 26. The van der Waals surface area contributed by atoms with Crippen LogP contribution in [0.25, 0.3) is 0 Å². The second kappa shape index (κ2) is 11.4. The van der Waals surface area contributed by atoms with E-state index in [4.69, 9.17) is 0 Å². The second-order valence-corrected chi connectivity index (χ2v) is 6.11. The van der Waals surface area contributed by atoms with Crippen LogP contribution < -0.4 is 0 Å². The van der Waals surface area contributed by atoms with Crippen LogP contribution in [0.2, 0.25) is 0 Å². The third kappa shape index (κ3) is 6.62. The zero-order chi connectivity index (χ0) is 32.2. The van der Waals surface area contributed by atoms with Crippen LogP contribution in [0.15, 0.2) is 0 Å². The average Bonchev–Trinajstić information content (AvgIpc) is 2.65. The van der Waals surface area contributed by atoms with Gasteiger partial charge in [0.2, 0.25) is 0 Å². The summed E-state index contributed by atoms with van der Waals surface area (Å²) in [6.45, 7) is 0. The molecule has 232 valence electrons. The van der Waals surface area contributed by atoms with Crippen LogP contribution in [0, 0.1) is 12.9 Å². The van der Waals surface area contributed by atoms with Gasteiger partial charge in [0.15, 0.2) is 0 Å². The summed E-state index contributed by atoms with van der Waals surface area (Å²) in [5.74, 6) is -60.6. The van der Waals surface area contributed by atoms with Crippen molar-refractivity contribution in [1.82, 2.24) is 0 Å². The Labute approximate surface area is 214 Å². The van der Waals surface area contributed by atoms with Crippen LogP contribution in [-0.2, 0) is 27.3 Å². The zero-order valence-electron chi connectivity index (χ0n) is 16.5. The Morgan fingerprint density at radius 3 is 0.513 bits per heavy atom. The minimum Gasteiger partial charge on any atom is -0.415 e. The van der Waals surface area contributed by atoms with E-state index < -0.39 is 72.6 Å². The molecule has 0 bridgehead atoms. The molecule has 0 spiro atoms. The minimum absolute atomic E-state index is 0. The molecule has 0 saturated heterocycles. The van der Waals surface area contributed by atoms with Gasteiger partial charge in [-0.1, -0.05) is 0 Å². The van der Waals surface area contributed by atoms with Crippen molar-refractivity contribution in [3.05, 3.63) is 12.9 Å². The van der Waals surface area contributed by atoms with Gasteiger partial charge in [0, 0.05) is 0 Å². The van der Waals surface area contributed by atoms with Crippen LogP contribution in [0.4, 0.5) is 114 Å². The predicted octanol–water partition coefficient (Wildman–Crippen LogP) is 9.03. The van der Waals surface area contributed by atoms with Crippen molar-refractivity contribution in [2.75, 3.05) is 0 Å². The monoisotopic (exact) mass is 752 g/mol. The summed E-state index contributed by atoms with van der Waals surface area (Å²) in [5.41, 5.74) is 0. The Morgan fingerprint density at radius 2 is 0.410 bits per heavy atom. The summed E-state index contributed by atoms with van der Waals surface area (Å²) in [7, 11) is 0. The van der Waals surface area contributed by atoms with Crippen molar-refractivity contribution in [1.29, 1.82) is 0 Å². The average molecular weight is 750 g/mol. The summed E-state index contributed by atoms with van der Waals surface area (Å²) < 4.78 is 309. The SMILES string of the molecule is F[C-](F)C(F)(F)C(F)(F)C(F)(F)C(F)(F)C(F)(F)F.F[C-](F)C(F)(F)C(F)(F)C(F)(F)C(F)(F)C(F)(F)F.[Cd+2]. The van der Waals surface area contributed by atoms with E-state index in [0.29, 0.717) is 0 Å². The first-order valence-corrected chi connectivity index (χ1v) is 7.41. The van der Waals surface area contributed by atoms with E-state index in [1.165, 1.54) is 0 Å². The molecule has 0 fully saturated rings. The summed E-state index contributed by atoms with van der Waals surface area (Å²) in [6, 6.07) is 0. The Bertz CT molecular complexity index is 718. The van der Waals surface area contributed by atoms with Crippen molar-refractivity contribution in [3.8, 4) is 0 Å². The fourth-order valence-corrected chi connectivity index (χ4v) is 1.38. The van der Waals surface area contributed by atoms with Gasteiger partial charge in [-0.15, -0.1) is 0 Å². The summed E-state index contributed by atoms with van der Waals surface area (Å²) >= 11 is 0. The van der Waals surface area contributed by atoms with Crippen LogP contribution in [0.5, 0.6) is 0 Å². The van der Waals surface area contributed by atoms with Gasteiger partial charge in [-0.3, -0.25) is 0 Å². The first-order valence-electron chi connectivity index (χ1n) is 7.41. The van der Waals surface area contributed by atoms with Gasteiger partial charge >= 0.3 is 75.2 Å². The summed E-state index contributed by atoms with van der Waals surface area (Å²) in [6.07, 6.45) is -24.2. The van der Waals surface area contributed by atoms with E-state index in [1.54, 1.807) is 0 Å². The Hall–Kier alpha value is -0.898. The molecule has 0 rings (SSSR count). The van der Waals surface area contributed by atoms with Crippen LogP contribution in [-0.4, -0.2) is 59.7 Å². The third-order valence-electron chi connectivity index (χ3n) is 3.55. The smallest absolute Gasteiger partial charge is 0.415 e. The maximum absolute atomic E-state index is 12.3.